The Labute approximate surface area is 137 Å². The highest BCUT2D eigenvalue weighted by molar-refractivity contribution is 14.0. The number of nitrogens with zero attached hydrogens (tertiary/aromatic N) is 1. The van der Waals surface area contributed by atoms with Crippen LogP contribution in [0.5, 0.6) is 0 Å². The van der Waals surface area contributed by atoms with Crippen molar-refractivity contribution in [1.29, 1.82) is 0 Å². The molecule has 1 N–H and O–H groups in total. The zero-order valence-corrected chi connectivity index (χ0v) is 13.7. The van der Waals surface area contributed by atoms with Crippen molar-refractivity contribution >= 4 is 29.8 Å². The van der Waals surface area contributed by atoms with Crippen LogP contribution in [0.2, 0.25) is 0 Å². The third-order valence-corrected chi connectivity index (χ3v) is 3.50. The summed E-state index contributed by atoms with van der Waals surface area (Å²) >= 11 is 0. The van der Waals surface area contributed by atoms with Gasteiger partial charge in [0.15, 0.2) is 0 Å². The summed E-state index contributed by atoms with van der Waals surface area (Å²) in [6, 6.07) is 19.1. The zero-order chi connectivity index (χ0) is 12.9. The SMILES string of the molecule is I.c1ccc(CNC2=NCCc3ccccc3C2)cc1. The zero-order valence-electron chi connectivity index (χ0n) is 11.4. The van der Waals surface area contributed by atoms with E-state index in [0.717, 1.165) is 31.8 Å². The Kier molecular flexibility index (Phi) is 5.59. The van der Waals surface area contributed by atoms with E-state index in [2.05, 4.69) is 58.8 Å². The van der Waals surface area contributed by atoms with Crippen LogP contribution in [0.1, 0.15) is 16.7 Å². The van der Waals surface area contributed by atoms with Crippen molar-refractivity contribution in [2.24, 2.45) is 4.99 Å². The number of rotatable bonds is 2. The molecule has 0 atom stereocenters. The number of hydrogen-bond acceptors (Lipinski definition) is 2. The smallest absolute Gasteiger partial charge is 0.101 e. The van der Waals surface area contributed by atoms with Crippen molar-refractivity contribution in [1.82, 2.24) is 5.32 Å². The standard InChI is InChI=1S/C17H18N2.HI/c1-2-6-14(7-3-1)13-19-17-12-16-9-5-4-8-15(16)10-11-18-17;/h1-9H,10-13H2,(H,18,19);1H. The fraction of sp³-hybridized carbons (Fsp3) is 0.235. The Morgan fingerprint density at radius 2 is 1.60 bits per heavy atom. The second-order valence-corrected chi connectivity index (χ2v) is 4.86. The van der Waals surface area contributed by atoms with E-state index in [1.54, 1.807) is 0 Å². The van der Waals surface area contributed by atoms with Crippen molar-refractivity contribution in [3.05, 3.63) is 71.3 Å². The van der Waals surface area contributed by atoms with E-state index < -0.39 is 0 Å². The van der Waals surface area contributed by atoms with Crippen molar-refractivity contribution in [2.45, 2.75) is 19.4 Å². The molecule has 0 aliphatic carbocycles. The maximum atomic E-state index is 4.66. The molecular formula is C17H19IN2. The van der Waals surface area contributed by atoms with Crippen LogP contribution in [0, 0.1) is 0 Å². The van der Waals surface area contributed by atoms with E-state index in [-0.39, 0.29) is 24.0 Å². The van der Waals surface area contributed by atoms with Gasteiger partial charge in [0.05, 0.1) is 0 Å². The topological polar surface area (TPSA) is 24.4 Å². The molecule has 2 aromatic rings. The molecule has 0 fully saturated rings. The molecule has 0 bridgehead atoms. The Morgan fingerprint density at radius 3 is 2.40 bits per heavy atom. The van der Waals surface area contributed by atoms with E-state index in [0.29, 0.717) is 0 Å². The predicted molar refractivity (Wildman–Crippen MR) is 94.8 cm³/mol. The minimum Gasteiger partial charge on any atom is -0.369 e. The van der Waals surface area contributed by atoms with E-state index >= 15 is 0 Å². The van der Waals surface area contributed by atoms with Crippen molar-refractivity contribution < 1.29 is 0 Å². The van der Waals surface area contributed by atoms with Gasteiger partial charge in [-0.1, -0.05) is 54.6 Å². The third-order valence-electron chi connectivity index (χ3n) is 3.50. The van der Waals surface area contributed by atoms with Gasteiger partial charge in [-0.15, -0.1) is 24.0 Å². The fourth-order valence-electron chi connectivity index (χ4n) is 2.44. The second kappa shape index (κ2) is 7.43. The Hall–Kier alpha value is -1.36. The molecular weight excluding hydrogens is 359 g/mol. The molecule has 104 valence electrons. The average molecular weight is 378 g/mol. The van der Waals surface area contributed by atoms with E-state index in [9.17, 15) is 0 Å². The lowest BCUT2D eigenvalue weighted by Crippen LogP contribution is -2.24. The van der Waals surface area contributed by atoms with Gasteiger partial charge in [0.1, 0.15) is 5.84 Å². The molecule has 1 aliphatic rings. The summed E-state index contributed by atoms with van der Waals surface area (Å²) in [5.41, 5.74) is 4.13. The molecule has 1 aliphatic heterocycles. The van der Waals surface area contributed by atoms with Crippen LogP contribution in [0.4, 0.5) is 0 Å². The Morgan fingerprint density at radius 1 is 0.900 bits per heavy atom. The summed E-state index contributed by atoms with van der Waals surface area (Å²) in [4.78, 5) is 4.66. The third kappa shape index (κ3) is 3.82. The fourth-order valence-corrected chi connectivity index (χ4v) is 2.44. The van der Waals surface area contributed by atoms with Crippen molar-refractivity contribution in [2.75, 3.05) is 6.54 Å². The number of benzene rings is 2. The summed E-state index contributed by atoms with van der Waals surface area (Å²) < 4.78 is 0. The summed E-state index contributed by atoms with van der Waals surface area (Å²) in [7, 11) is 0. The van der Waals surface area contributed by atoms with Crippen LogP contribution in [-0.2, 0) is 19.4 Å². The molecule has 0 saturated heterocycles. The summed E-state index contributed by atoms with van der Waals surface area (Å²) in [5.74, 6) is 1.11. The molecule has 0 saturated carbocycles. The number of nitrogens with one attached hydrogen (secondary N) is 1. The first-order valence-electron chi connectivity index (χ1n) is 6.80. The predicted octanol–water partition coefficient (Wildman–Crippen LogP) is 3.59. The molecule has 2 aromatic carbocycles. The monoisotopic (exact) mass is 378 g/mol. The average Bonchev–Trinajstić information content (AvgIpc) is 2.68. The lowest BCUT2D eigenvalue weighted by atomic mass is 10.0. The van der Waals surface area contributed by atoms with Gasteiger partial charge in [-0.05, 0) is 23.1 Å². The lowest BCUT2D eigenvalue weighted by molar-refractivity contribution is 0.881. The molecule has 20 heavy (non-hydrogen) atoms. The van der Waals surface area contributed by atoms with Gasteiger partial charge in [-0.2, -0.15) is 0 Å². The van der Waals surface area contributed by atoms with Crippen molar-refractivity contribution in [3.8, 4) is 0 Å². The quantitative estimate of drug-likeness (QED) is 0.794. The molecule has 0 aromatic heterocycles. The van der Waals surface area contributed by atoms with Gasteiger partial charge >= 0.3 is 0 Å². The number of fused-ring (bicyclic) bond motifs is 1. The molecule has 3 rings (SSSR count). The summed E-state index contributed by atoms with van der Waals surface area (Å²) in [6.07, 6.45) is 1.97. The van der Waals surface area contributed by atoms with E-state index in [1.165, 1.54) is 16.7 Å². The number of aliphatic imine (C=N–C) groups is 1. The molecule has 0 radical (unpaired) electrons. The van der Waals surface area contributed by atoms with E-state index in [1.807, 2.05) is 6.07 Å². The van der Waals surface area contributed by atoms with Crippen LogP contribution >= 0.6 is 24.0 Å². The largest absolute Gasteiger partial charge is 0.369 e. The van der Waals surface area contributed by atoms with Crippen LogP contribution in [0.15, 0.2) is 59.6 Å². The highest BCUT2D eigenvalue weighted by Crippen LogP contribution is 2.14. The summed E-state index contributed by atoms with van der Waals surface area (Å²) in [5, 5.41) is 3.47. The molecule has 1 heterocycles. The van der Waals surface area contributed by atoms with E-state index in [4.69, 9.17) is 0 Å². The van der Waals surface area contributed by atoms with Gasteiger partial charge in [-0.25, -0.2) is 0 Å². The number of halogens is 1. The molecule has 0 unspecified atom stereocenters. The van der Waals surface area contributed by atoms with Crippen LogP contribution < -0.4 is 5.32 Å². The minimum atomic E-state index is 0. The normalized spacial score (nSPS) is 13.5. The lowest BCUT2D eigenvalue weighted by Gasteiger charge is -2.09. The first-order chi connectivity index (χ1) is 9.42. The minimum absolute atomic E-state index is 0. The van der Waals surface area contributed by atoms with Gasteiger partial charge in [-0.3, -0.25) is 4.99 Å². The van der Waals surface area contributed by atoms with Crippen LogP contribution in [0.3, 0.4) is 0 Å². The number of hydrogen-bond donors (Lipinski definition) is 1. The van der Waals surface area contributed by atoms with Gasteiger partial charge in [0, 0.05) is 19.5 Å². The molecule has 2 nitrogen and oxygen atoms in total. The maximum Gasteiger partial charge on any atom is 0.101 e. The van der Waals surface area contributed by atoms with Gasteiger partial charge in [0.25, 0.3) is 0 Å². The molecule has 0 spiro atoms. The second-order valence-electron chi connectivity index (χ2n) is 4.86. The Bertz CT molecular complexity index is 579. The highest BCUT2D eigenvalue weighted by atomic mass is 127. The molecule has 3 heteroatoms. The van der Waals surface area contributed by atoms with Gasteiger partial charge < -0.3 is 5.32 Å². The highest BCUT2D eigenvalue weighted by Gasteiger charge is 2.09. The Balaban J connectivity index is 0.00000147. The first-order valence-corrected chi connectivity index (χ1v) is 6.80. The maximum absolute atomic E-state index is 4.66. The number of amidine groups is 1. The van der Waals surface area contributed by atoms with Crippen LogP contribution in [0.25, 0.3) is 0 Å². The van der Waals surface area contributed by atoms with Crippen LogP contribution in [-0.4, -0.2) is 12.4 Å². The van der Waals surface area contributed by atoms with Gasteiger partial charge in [0.2, 0.25) is 0 Å². The summed E-state index contributed by atoms with van der Waals surface area (Å²) in [6.45, 7) is 1.73. The molecule has 0 amide bonds. The first kappa shape index (κ1) is 15.0. The van der Waals surface area contributed by atoms with Crippen molar-refractivity contribution in [3.63, 3.8) is 0 Å².